The predicted octanol–water partition coefficient (Wildman–Crippen LogP) is 9.99. The number of nitrogens with one attached hydrogen (secondary N) is 1. The first-order valence-electron chi connectivity index (χ1n) is 15.0. The normalized spacial score (nSPS) is 11.4. The van der Waals surface area contributed by atoms with Gasteiger partial charge in [-0.1, -0.05) is 108 Å². The van der Waals surface area contributed by atoms with Crippen molar-refractivity contribution in [2.75, 3.05) is 11.9 Å². The zero-order valence-corrected chi connectivity index (χ0v) is 24.9. The van der Waals surface area contributed by atoms with Crippen molar-refractivity contribution >= 4 is 11.7 Å². The maximum absolute atomic E-state index is 12.8. The molecule has 0 bridgehead atoms. The van der Waals surface area contributed by atoms with Gasteiger partial charge in [0.15, 0.2) is 0 Å². The van der Waals surface area contributed by atoms with Crippen molar-refractivity contribution < 1.29 is 9.53 Å². The van der Waals surface area contributed by atoms with Crippen molar-refractivity contribution in [2.24, 2.45) is 0 Å². The van der Waals surface area contributed by atoms with Crippen LogP contribution >= 0.6 is 0 Å². The minimum absolute atomic E-state index is 0.0718. The third-order valence-electron chi connectivity index (χ3n) is 7.49. The maximum Gasteiger partial charge on any atom is 0.343 e. The Morgan fingerprint density at radius 1 is 0.718 bits per heavy atom. The van der Waals surface area contributed by atoms with Gasteiger partial charge in [0.25, 0.3) is 0 Å². The van der Waals surface area contributed by atoms with Gasteiger partial charge in [-0.05, 0) is 85.0 Å². The number of carbonyl (C=O) groups is 1. The molecule has 0 radical (unpaired) electrons. The summed E-state index contributed by atoms with van der Waals surface area (Å²) < 4.78 is 5.65. The maximum atomic E-state index is 12.8. The number of rotatable bonds is 15. The van der Waals surface area contributed by atoms with E-state index < -0.39 is 0 Å². The molecule has 0 aliphatic carbocycles. The van der Waals surface area contributed by atoms with Crippen molar-refractivity contribution in [3.63, 3.8) is 0 Å². The van der Waals surface area contributed by atoms with Crippen molar-refractivity contribution in [1.82, 2.24) is 0 Å². The molecule has 3 aromatic carbocycles. The smallest absolute Gasteiger partial charge is 0.343 e. The van der Waals surface area contributed by atoms with Crippen LogP contribution in [0.25, 0.3) is 0 Å². The topological polar surface area (TPSA) is 38.3 Å². The molecule has 3 nitrogen and oxygen atoms in total. The molecule has 3 rings (SSSR count). The van der Waals surface area contributed by atoms with E-state index in [0.29, 0.717) is 11.3 Å². The summed E-state index contributed by atoms with van der Waals surface area (Å²) in [6.45, 7) is 11.6. The van der Waals surface area contributed by atoms with Gasteiger partial charge >= 0.3 is 5.97 Å². The van der Waals surface area contributed by atoms with E-state index in [4.69, 9.17) is 4.74 Å². The molecule has 0 unspecified atom stereocenters. The van der Waals surface area contributed by atoms with Gasteiger partial charge in [0, 0.05) is 12.2 Å². The van der Waals surface area contributed by atoms with Crippen LogP contribution in [-0.2, 0) is 11.8 Å². The molecular weight excluding hydrogens is 478 g/mol. The number of ether oxygens (including phenoxy) is 1. The van der Waals surface area contributed by atoms with Crippen LogP contribution in [0.2, 0.25) is 0 Å². The average Bonchev–Trinajstić information content (AvgIpc) is 2.90. The second-order valence-corrected chi connectivity index (χ2v) is 12.0. The Labute approximate surface area is 237 Å². The molecule has 1 N–H and O–H groups in total. The monoisotopic (exact) mass is 527 g/mol. The van der Waals surface area contributed by atoms with Crippen LogP contribution in [0.1, 0.15) is 111 Å². The highest BCUT2D eigenvalue weighted by atomic mass is 16.5. The SMILES string of the molecule is Cc1cc(C(=O)Oc2ccc(C(C)(C)C)cc2)cc(C)c1NCCCCCCCCCCCc1ccccc1. The lowest BCUT2D eigenvalue weighted by Gasteiger charge is -2.19. The summed E-state index contributed by atoms with van der Waals surface area (Å²) in [5, 5.41) is 3.60. The number of hydrogen-bond acceptors (Lipinski definition) is 3. The van der Waals surface area contributed by atoms with Crippen molar-refractivity contribution in [2.45, 2.75) is 104 Å². The molecule has 0 atom stereocenters. The third-order valence-corrected chi connectivity index (χ3v) is 7.49. The van der Waals surface area contributed by atoms with E-state index in [1.165, 1.54) is 75.3 Å². The zero-order valence-electron chi connectivity index (χ0n) is 24.9. The van der Waals surface area contributed by atoms with Gasteiger partial charge in [-0.2, -0.15) is 0 Å². The Kier molecular flexibility index (Phi) is 12.1. The van der Waals surface area contributed by atoms with Crippen molar-refractivity contribution in [3.8, 4) is 5.75 Å². The molecule has 0 saturated carbocycles. The van der Waals surface area contributed by atoms with Gasteiger partial charge in [0.1, 0.15) is 5.75 Å². The highest BCUT2D eigenvalue weighted by Crippen LogP contribution is 2.26. The van der Waals surface area contributed by atoms with Crippen LogP contribution < -0.4 is 10.1 Å². The number of hydrogen-bond donors (Lipinski definition) is 1. The Morgan fingerprint density at radius 3 is 1.82 bits per heavy atom. The number of carbonyl (C=O) groups excluding carboxylic acids is 1. The molecule has 0 heterocycles. The van der Waals surface area contributed by atoms with Crippen LogP contribution in [0.4, 0.5) is 5.69 Å². The predicted molar refractivity (Wildman–Crippen MR) is 166 cm³/mol. The fourth-order valence-corrected chi connectivity index (χ4v) is 5.10. The first-order valence-corrected chi connectivity index (χ1v) is 15.0. The van der Waals surface area contributed by atoms with Crippen molar-refractivity contribution in [1.29, 1.82) is 0 Å². The van der Waals surface area contributed by atoms with E-state index in [0.717, 1.165) is 23.4 Å². The van der Waals surface area contributed by atoms with Gasteiger partial charge in [-0.3, -0.25) is 0 Å². The molecule has 0 aliphatic heterocycles. The standard InChI is InChI=1S/C36H49NO2/c1-28-26-31(35(38)39-33-23-21-32(22-24-33)36(3,4)5)27-29(2)34(28)37-25-17-12-10-8-6-7-9-11-14-18-30-19-15-13-16-20-30/h13,15-16,19-24,26-27,37H,6-12,14,17-18,25H2,1-5H3. The van der Waals surface area contributed by atoms with E-state index in [9.17, 15) is 4.79 Å². The summed E-state index contributed by atoms with van der Waals surface area (Å²) in [5.41, 5.74) is 6.64. The lowest BCUT2D eigenvalue weighted by atomic mass is 9.87. The number of unbranched alkanes of at least 4 members (excludes halogenated alkanes) is 8. The molecule has 0 aliphatic rings. The zero-order chi connectivity index (χ0) is 28.1. The molecule has 0 saturated heterocycles. The number of anilines is 1. The summed E-state index contributed by atoms with van der Waals surface area (Å²) in [5.74, 6) is 0.265. The van der Waals surface area contributed by atoms with E-state index in [2.05, 4.69) is 70.3 Å². The van der Waals surface area contributed by atoms with Gasteiger partial charge in [-0.15, -0.1) is 0 Å². The lowest BCUT2D eigenvalue weighted by Crippen LogP contribution is -2.12. The Morgan fingerprint density at radius 2 is 1.26 bits per heavy atom. The molecule has 0 spiro atoms. The van der Waals surface area contributed by atoms with Gasteiger partial charge in [-0.25, -0.2) is 4.79 Å². The van der Waals surface area contributed by atoms with Crippen LogP contribution in [-0.4, -0.2) is 12.5 Å². The molecule has 0 amide bonds. The van der Waals surface area contributed by atoms with Crippen molar-refractivity contribution in [3.05, 3.63) is 94.5 Å². The molecule has 0 fully saturated rings. The summed E-state index contributed by atoms with van der Waals surface area (Å²) in [6.07, 6.45) is 13.0. The fourth-order valence-electron chi connectivity index (χ4n) is 5.10. The van der Waals surface area contributed by atoms with Gasteiger partial charge in [0.05, 0.1) is 5.56 Å². The van der Waals surface area contributed by atoms with E-state index >= 15 is 0 Å². The largest absolute Gasteiger partial charge is 0.423 e. The second kappa shape index (κ2) is 15.5. The molecule has 39 heavy (non-hydrogen) atoms. The van der Waals surface area contributed by atoms with Crippen LogP contribution in [0, 0.1) is 13.8 Å². The molecular formula is C36H49NO2. The Balaban J connectivity index is 1.29. The summed E-state index contributed by atoms with van der Waals surface area (Å²) in [7, 11) is 0. The quantitative estimate of drug-likeness (QED) is 0.121. The number of aryl methyl sites for hydroxylation is 3. The van der Waals surface area contributed by atoms with Crippen LogP contribution in [0.15, 0.2) is 66.7 Å². The first kappa shape index (κ1) is 30.5. The molecule has 3 aromatic rings. The minimum Gasteiger partial charge on any atom is -0.423 e. The highest BCUT2D eigenvalue weighted by molar-refractivity contribution is 5.92. The summed E-state index contributed by atoms with van der Waals surface area (Å²) in [4.78, 5) is 12.8. The highest BCUT2D eigenvalue weighted by Gasteiger charge is 2.15. The van der Waals surface area contributed by atoms with E-state index in [1.807, 2.05) is 36.4 Å². The fraction of sp³-hybridized carbons (Fsp3) is 0.472. The minimum atomic E-state index is -0.313. The lowest BCUT2D eigenvalue weighted by molar-refractivity contribution is 0.0734. The number of esters is 1. The summed E-state index contributed by atoms with van der Waals surface area (Å²) in [6, 6.07) is 22.5. The van der Waals surface area contributed by atoms with Crippen LogP contribution in [0.3, 0.4) is 0 Å². The Hall–Kier alpha value is -3.07. The third kappa shape index (κ3) is 10.5. The first-order chi connectivity index (χ1) is 18.7. The summed E-state index contributed by atoms with van der Waals surface area (Å²) >= 11 is 0. The van der Waals surface area contributed by atoms with E-state index in [-0.39, 0.29) is 11.4 Å². The van der Waals surface area contributed by atoms with E-state index in [1.54, 1.807) is 0 Å². The van der Waals surface area contributed by atoms with Crippen LogP contribution in [0.5, 0.6) is 5.75 Å². The molecule has 210 valence electrons. The molecule has 0 aromatic heterocycles. The Bertz CT molecular complexity index is 1120. The second-order valence-electron chi connectivity index (χ2n) is 12.0. The average molecular weight is 528 g/mol. The molecule has 3 heteroatoms. The van der Waals surface area contributed by atoms with Gasteiger partial charge in [0.2, 0.25) is 0 Å². The number of benzene rings is 3. The van der Waals surface area contributed by atoms with Gasteiger partial charge < -0.3 is 10.1 Å².